The number of pyridine rings is 1. The van der Waals surface area contributed by atoms with Crippen molar-refractivity contribution >= 4 is 0 Å². The highest BCUT2D eigenvalue weighted by atomic mass is 16.3. The molecule has 0 bridgehead atoms. The van der Waals surface area contributed by atoms with Crippen LogP contribution in [-0.4, -0.2) is 28.1 Å². The Bertz CT molecular complexity index is 591. The Morgan fingerprint density at radius 1 is 1.18 bits per heavy atom. The summed E-state index contributed by atoms with van der Waals surface area (Å²) in [5.74, 6) is 0.323. The molecule has 1 N–H and O–H groups in total. The van der Waals surface area contributed by atoms with Crippen LogP contribution < -0.4 is 0 Å². The molecule has 0 spiro atoms. The zero-order valence-corrected chi connectivity index (χ0v) is 13.2. The molecule has 0 unspecified atom stereocenters. The minimum absolute atomic E-state index is 0.323. The van der Waals surface area contributed by atoms with Gasteiger partial charge in [-0.15, -0.1) is 0 Å². The van der Waals surface area contributed by atoms with Crippen molar-refractivity contribution in [3.63, 3.8) is 0 Å². The zero-order chi connectivity index (χ0) is 15.4. The fourth-order valence-corrected chi connectivity index (χ4v) is 3.29. The van der Waals surface area contributed by atoms with Crippen LogP contribution in [0.1, 0.15) is 35.8 Å². The smallest absolute Gasteiger partial charge is 0.0988 e. The van der Waals surface area contributed by atoms with Crippen molar-refractivity contribution in [2.75, 3.05) is 13.1 Å². The Morgan fingerprint density at radius 3 is 2.68 bits per heavy atom. The van der Waals surface area contributed by atoms with Gasteiger partial charge < -0.3 is 5.11 Å². The molecule has 3 heteroatoms. The van der Waals surface area contributed by atoms with Crippen LogP contribution in [-0.2, 0) is 6.54 Å². The van der Waals surface area contributed by atoms with Crippen molar-refractivity contribution in [1.82, 2.24) is 9.88 Å². The van der Waals surface area contributed by atoms with Gasteiger partial charge in [0, 0.05) is 12.7 Å². The fraction of sp³-hybridized carbons (Fsp3) is 0.421. The van der Waals surface area contributed by atoms with E-state index in [1.54, 1.807) is 6.20 Å². The van der Waals surface area contributed by atoms with Gasteiger partial charge in [0.1, 0.15) is 0 Å². The molecule has 1 aromatic heterocycles. The minimum atomic E-state index is -0.428. The third-order valence-electron chi connectivity index (χ3n) is 4.56. The van der Waals surface area contributed by atoms with E-state index in [1.165, 1.54) is 11.1 Å². The van der Waals surface area contributed by atoms with Crippen LogP contribution >= 0.6 is 0 Å². The Morgan fingerprint density at radius 2 is 2.00 bits per heavy atom. The lowest BCUT2D eigenvalue weighted by Crippen LogP contribution is -2.35. The molecule has 0 saturated carbocycles. The summed E-state index contributed by atoms with van der Waals surface area (Å²) in [4.78, 5) is 6.77. The molecular weight excluding hydrogens is 272 g/mol. The summed E-state index contributed by atoms with van der Waals surface area (Å²) >= 11 is 0. The molecule has 0 aliphatic carbocycles. The number of piperidine rings is 1. The molecular formula is C19H24N2O. The van der Waals surface area contributed by atoms with Gasteiger partial charge in [-0.3, -0.25) is 9.88 Å². The van der Waals surface area contributed by atoms with Gasteiger partial charge in [0.15, 0.2) is 0 Å². The predicted octanol–water partition coefficient (Wildman–Crippen LogP) is 3.34. The van der Waals surface area contributed by atoms with E-state index >= 15 is 0 Å². The average molecular weight is 296 g/mol. The number of aliphatic hydroxyl groups excluding tert-OH is 1. The van der Waals surface area contributed by atoms with Crippen molar-refractivity contribution in [3.05, 3.63) is 65.5 Å². The van der Waals surface area contributed by atoms with Crippen LogP contribution in [0.3, 0.4) is 0 Å². The van der Waals surface area contributed by atoms with Crippen LogP contribution in [0.2, 0.25) is 0 Å². The molecule has 1 aromatic carbocycles. The van der Waals surface area contributed by atoms with Crippen molar-refractivity contribution in [3.8, 4) is 0 Å². The molecule has 1 atom stereocenters. The van der Waals surface area contributed by atoms with Crippen molar-refractivity contribution < 1.29 is 5.11 Å². The number of rotatable bonds is 4. The van der Waals surface area contributed by atoms with E-state index in [-0.39, 0.29) is 0 Å². The highest BCUT2D eigenvalue weighted by Gasteiger charge is 2.26. The second kappa shape index (κ2) is 7.03. The summed E-state index contributed by atoms with van der Waals surface area (Å²) < 4.78 is 0. The normalized spacial score (nSPS) is 18.3. The number of aliphatic hydroxyl groups is 1. The number of aromatic nitrogens is 1. The molecule has 1 fully saturated rings. The SMILES string of the molecule is Cc1cccc(CN2CCC([C@H](O)c3ccccn3)CC2)c1. The van der Waals surface area contributed by atoms with Crippen molar-refractivity contribution in [2.45, 2.75) is 32.4 Å². The monoisotopic (exact) mass is 296 g/mol. The standard InChI is InChI=1S/C19H24N2O/c1-15-5-4-6-16(13-15)14-21-11-8-17(9-12-21)19(22)18-7-2-3-10-20-18/h2-7,10,13,17,19,22H,8-9,11-12,14H2,1H3/t19-/m0/s1. The second-order valence-corrected chi connectivity index (χ2v) is 6.30. The second-order valence-electron chi connectivity index (χ2n) is 6.30. The van der Waals surface area contributed by atoms with Gasteiger partial charge in [-0.05, 0) is 56.5 Å². The van der Waals surface area contributed by atoms with Crippen molar-refractivity contribution in [1.29, 1.82) is 0 Å². The molecule has 3 rings (SSSR count). The van der Waals surface area contributed by atoms with E-state index in [0.29, 0.717) is 5.92 Å². The van der Waals surface area contributed by atoms with Gasteiger partial charge >= 0.3 is 0 Å². The summed E-state index contributed by atoms with van der Waals surface area (Å²) in [6, 6.07) is 14.5. The summed E-state index contributed by atoms with van der Waals surface area (Å²) in [6.45, 7) is 5.23. The Kier molecular flexibility index (Phi) is 4.86. The molecule has 0 radical (unpaired) electrons. The minimum Gasteiger partial charge on any atom is -0.387 e. The number of aryl methyl sites for hydroxylation is 1. The maximum atomic E-state index is 10.5. The Hall–Kier alpha value is -1.71. The third-order valence-corrected chi connectivity index (χ3v) is 4.56. The van der Waals surface area contributed by atoms with Gasteiger partial charge in [-0.2, -0.15) is 0 Å². The van der Waals surface area contributed by atoms with Crippen molar-refractivity contribution in [2.24, 2.45) is 5.92 Å². The van der Waals surface area contributed by atoms with Gasteiger partial charge in [-0.1, -0.05) is 35.9 Å². The molecule has 22 heavy (non-hydrogen) atoms. The molecule has 1 aliphatic heterocycles. The lowest BCUT2D eigenvalue weighted by molar-refractivity contribution is 0.0540. The molecule has 0 amide bonds. The molecule has 116 valence electrons. The summed E-state index contributed by atoms with van der Waals surface area (Å²) in [5.41, 5.74) is 3.50. The number of benzene rings is 1. The average Bonchev–Trinajstić information content (AvgIpc) is 2.56. The zero-order valence-electron chi connectivity index (χ0n) is 13.2. The van der Waals surface area contributed by atoms with Crippen LogP contribution in [0, 0.1) is 12.8 Å². The first-order chi connectivity index (χ1) is 10.7. The van der Waals surface area contributed by atoms with Crippen LogP contribution in [0.5, 0.6) is 0 Å². The Labute approximate surface area is 132 Å². The third kappa shape index (κ3) is 3.73. The van der Waals surface area contributed by atoms with Crippen LogP contribution in [0.25, 0.3) is 0 Å². The van der Waals surface area contributed by atoms with Gasteiger partial charge in [0.2, 0.25) is 0 Å². The van der Waals surface area contributed by atoms with E-state index in [1.807, 2.05) is 18.2 Å². The highest BCUT2D eigenvalue weighted by Crippen LogP contribution is 2.30. The van der Waals surface area contributed by atoms with E-state index < -0.39 is 6.10 Å². The van der Waals surface area contributed by atoms with Gasteiger partial charge in [0.05, 0.1) is 11.8 Å². The number of hydrogen-bond acceptors (Lipinski definition) is 3. The molecule has 3 nitrogen and oxygen atoms in total. The predicted molar refractivity (Wildman–Crippen MR) is 88.4 cm³/mol. The topological polar surface area (TPSA) is 36.4 Å². The van der Waals surface area contributed by atoms with E-state index in [4.69, 9.17) is 0 Å². The Balaban J connectivity index is 1.54. The first-order valence-electron chi connectivity index (χ1n) is 8.09. The number of nitrogens with zero attached hydrogens (tertiary/aromatic N) is 2. The first-order valence-corrected chi connectivity index (χ1v) is 8.09. The van der Waals surface area contributed by atoms with Gasteiger partial charge in [0.25, 0.3) is 0 Å². The van der Waals surface area contributed by atoms with Crippen LogP contribution in [0.15, 0.2) is 48.7 Å². The maximum absolute atomic E-state index is 10.5. The lowest BCUT2D eigenvalue weighted by atomic mass is 9.89. The maximum Gasteiger partial charge on any atom is 0.0988 e. The first kappa shape index (κ1) is 15.2. The summed E-state index contributed by atoms with van der Waals surface area (Å²) in [6.07, 6.45) is 3.39. The number of hydrogen-bond donors (Lipinski definition) is 1. The summed E-state index contributed by atoms with van der Waals surface area (Å²) in [5, 5.41) is 10.5. The fourth-order valence-electron chi connectivity index (χ4n) is 3.29. The van der Waals surface area contributed by atoms with E-state index in [0.717, 1.165) is 38.2 Å². The van der Waals surface area contributed by atoms with Crippen LogP contribution in [0.4, 0.5) is 0 Å². The number of likely N-dealkylation sites (tertiary alicyclic amines) is 1. The molecule has 1 aliphatic rings. The highest BCUT2D eigenvalue weighted by molar-refractivity contribution is 5.22. The van der Waals surface area contributed by atoms with E-state index in [9.17, 15) is 5.11 Å². The summed E-state index contributed by atoms with van der Waals surface area (Å²) in [7, 11) is 0. The largest absolute Gasteiger partial charge is 0.387 e. The molecule has 1 saturated heterocycles. The molecule has 2 heterocycles. The van der Waals surface area contributed by atoms with Gasteiger partial charge in [-0.25, -0.2) is 0 Å². The quantitative estimate of drug-likeness (QED) is 0.940. The molecule has 2 aromatic rings. The lowest BCUT2D eigenvalue weighted by Gasteiger charge is -2.34. The van der Waals surface area contributed by atoms with E-state index in [2.05, 4.69) is 41.1 Å².